The highest BCUT2D eigenvalue weighted by Gasteiger charge is 2.11. The van der Waals surface area contributed by atoms with Crippen LogP contribution in [0.1, 0.15) is 12.7 Å². The van der Waals surface area contributed by atoms with Gasteiger partial charge in [0.05, 0.1) is 16.1 Å². The van der Waals surface area contributed by atoms with E-state index in [9.17, 15) is 0 Å². The summed E-state index contributed by atoms with van der Waals surface area (Å²) in [5.74, 6) is 2.14. The second-order valence-corrected chi connectivity index (χ2v) is 6.53. The van der Waals surface area contributed by atoms with E-state index < -0.39 is 0 Å². The van der Waals surface area contributed by atoms with Gasteiger partial charge in [-0.2, -0.15) is 0 Å². The Labute approximate surface area is 134 Å². The van der Waals surface area contributed by atoms with Crippen LogP contribution in [-0.4, -0.2) is 33.8 Å². The molecule has 1 aromatic carbocycles. The second kappa shape index (κ2) is 6.16. The fourth-order valence-electron chi connectivity index (χ4n) is 2.48. The summed E-state index contributed by atoms with van der Waals surface area (Å²) in [6, 6.07) is 5.86. The number of aromatic nitrogens is 2. The molecule has 2 aromatic rings. The number of allylic oxidation sites excluding steroid dienone is 2. The Morgan fingerprint density at radius 2 is 2.29 bits per heavy atom. The van der Waals surface area contributed by atoms with Crippen LogP contribution in [-0.2, 0) is 6.54 Å². The normalized spacial score (nSPS) is 17.7. The summed E-state index contributed by atoms with van der Waals surface area (Å²) in [7, 11) is 2.13. The zero-order valence-corrected chi connectivity index (χ0v) is 13.8. The summed E-state index contributed by atoms with van der Waals surface area (Å²) in [6.45, 7) is 4.14. The van der Waals surface area contributed by atoms with Crippen LogP contribution in [0.3, 0.4) is 0 Å². The van der Waals surface area contributed by atoms with Crippen LogP contribution in [0.2, 0.25) is 5.02 Å². The van der Waals surface area contributed by atoms with Crippen molar-refractivity contribution in [3.63, 3.8) is 0 Å². The monoisotopic (exact) mass is 319 g/mol. The van der Waals surface area contributed by atoms with Gasteiger partial charge in [0.15, 0.2) is 0 Å². The lowest BCUT2D eigenvalue weighted by Gasteiger charge is -2.09. The molecular formula is C16H18ClN3S. The van der Waals surface area contributed by atoms with E-state index in [4.69, 9.17) is 11.6 Å². The standard InChI is InChI=1S/C16H18ClN3S/c1-3-20-14-8-7-12(17)11-13(14)18-15(20)5-4-6-16-19(2)9-10-21-16/h4-8,11H,3,9-10H2,1-2H3/b5-4+,16-6-. The fourth-order valence-corrected chi connectivity index (χ4v) is 3.71. The van der Waals surface area contributed by atoms with Crippen molar-refractivity contribution in [3.05, 3.63) is 46.2 Å². The Kier molecular flexibility index (Phi) is 4.27. The molecule has 1 fully saturated rings. The van der Waals surface area contributed by atoms with Crippen molar-refractivity contribution in [2.45, 2.75) is 13.5 Å². The van der Waals surface area contributed by atoms with E-state index in [0.29, 0.717) is 0 Å². The van der Waals surface area contributed by atoms with E-state index in [-0.39, 0.29) is 0 Å². The molecule has 5 heteroatoms. The highest BCUT2D eigenvalue weighted by Crippen LogP contribution is 2.26. The molecule has 0 bridgehead atoms. The molecule has 0 atom stereocenters. The number of rotatable bonds is 3. The number of halogens is 1. The first-order valence-electron chi connectivity index (χ1n) is 7.07. The Morgan fingerprint density at radius 1 is 1.43 bits per heavy atom. The van der Waals surface area contributed by atoms with Gasteiger partial charge in [-0.1, -0.05) is 17.7 Å². The highest BCUT2D eigenvalue weighted by molar-refractivity contribution is 8.03. The molecule has 3 nitrogen and oxygen atoms in total. The lowest BCUT2D eigenvalue weighted by molar-refractivity contribution is 0.493. The molecule has 110 valence electrons. The van der Waals surface area contributed by atoms with Crippen molar-refractivity contribution < 1.29 is 0 Å². The molecule has 0 N–H and O–H groups in total. The minimum Gasteiger partial charge on any atom is -0.369 e. The number of imidazole rings is 1. The third-order valence-corrected chi connectivity index (χ3v) is 4.96. The fraction of sp³-hybridized carbons (Fsp3) is 0.312. The summed E-state index contributed by atoms with van der Waals surface area (Å²) in [4.78, 5) is 6.94. The van der Waals surface area contributed by atoms with E-state index >= 15 is 0 Å². The summed E-state index contributed by atoms with van der Waals surface area (Å²) in [5, 5.41) is 2.04. The molecular weight excluding hydrogens is 302 g/mol. The maximum Gasteiger partial charge on any atom is 0.133 e. The Hall–Kier alpha value is -1.39. The Bertz CT molecular complexity index is 718. The summed E-state index contributed by atoms with van der Waals surface area (Å²) >= 11 is 7.94. The molecule has 0 radical (unpaired) electrons. The number of aryl methyl sites for hydroxylation is 1. The highest BCUT2D eigenvalue weighted by atomic mass is 35.5. The van der Waals surface area contributed by atoms with Crippen LogP contribution in [0.25, 0.3) is 17.1 Å². The van der Waals surface area contributed by atoms with E-state index in [1.54, 1.807) is 0 Å². The molecule has 1 aliphatic rings. The van der Waals surface area contributed by atoms with E-state index in [1.807, 2.05) is 30.0 Å². The van der Waals surface area contributed by atoms with Crippen molar-refractivity contribution in [1.29, 1.82) is 0 Å². The van der Waals surface area contributed by atoms with Gasteiger partial charge in [0, 0.05) is 30.9 Å². The quantitative estimate of drug-likeness (QED) is 0.844. The molecule has 0 amide bonds. The first-order valence-corrected chi connectivity index (χ1v) is 8.43. The van der Waals surface area contributed by atoms with Crippen molar-refractivity contribution in [2.75, 3.05) is 19.3 Å². The number of benzene rings is 1. The van der Waals surface area contributed by atoms with Crippen molar-refractivity contribution in [3.8, 4) is 0 Å². The van der Waals surface area contributed by atoms with Gasteiger partial charge in [-0.3, -0.25) is 0 Å². The van der Waals surface area contributed by atoms with Crippen LogP contribution in [0, 0.1) is 0 Å². The molecule has 1 aliphatic heterocycles. The average Bonchev–Trinajstić information content (AvgIpc) is 3.02. The number of nitrogens with zero attached hydrogens (tertiary/aromatic N) is 3. The van der Waals surface area contributed by atoms with Gasteiger partial charge in [0.1, 0.15) is 5.82 Å². The van der Waals surface area contributed by atoms with Gasteiger partial charge in [-0.05, 0) is 37.3 Å². The first kappa shape index (κ1) is 14.5. The van der Waals surface area contributed by atoms with Gasteiger partial charge in [0.2, 0.25) is 0 Å². The predicted molar refractivity (Wildman–Crippen MR) is 92.6 cm³/mol. The van der Waals surface area contributed by atoms with Gasteiger partial charge >= 0.3 is 0 Å². The summed E-state index contributed by atoms with van der Waals surface area (Å²) < 4.78 is 2.20. The number of hydrogen-bond donors (Lipinski definition) is 0. The minimum absolute atomic E-state index is 0.727. The van der Waals surface area contributed by atoms with E-state index in [0.717, 1.165) is 35.0 Å². The van der Waals surface area contributed by atoms with Crippen LogP contribution >= 0.6 is 23.4 Å². The Balaban J connectivity index is 1.93. The minimum atomic E-state index is 0.727. The van der Waals surface area contributed by atoms with Crippen LogP contribution < -0.4 is 0 Å². The number of fused-ring (bicyclic) bond motifs is 1. The number of thioether (sulfide) groups is 1. The smallest absolute Gasteiger partial charge is 0.133 e. The maximum absolute atomic E-state index is 6.04. The molecule has 0 aliphatic carbocycles. The molecule has 0 spiro atoms. The van der Waals surface area contributed by atoms with Gasteiger partial charge < -0.3 is 9.47 Å². The van der Waals surface area contributed by atoms with Crippen molar-refractivity contribution in [2.24, 2.45) is 0 Å². The lowest BCUT2D eigenvalue weighted by Crippen LogP contribution is -2.10. The van der Waals surface area contributed by atoms with Gasteiger partial charge in [0.25, 0.3) is 0 Å². The van der Waals surface area contributed by atoms with Crippen LogP contribution in [0.5, 0.6) is 0 Å². The second-order valence-electron chi connectivity index (χ2n) is 4.98. The molecule has 2 heterocycles. The Morgan fingerprint density at radius 3 is 3.00 bits per heavy atom. The predicted octanol–water partition coefficient (Wildman–Crippen LogP) is 4.24. The average molecular weight is 320 g/mol. The zero-order valence-electron chi connectivity index (χ0n) is 12.2. The first-order chi connectivity index (χ1) is 10.2. The molecule has 0 saturated carbocycles. The third-order valence-electron chi connectivity index (χ3n) is 3.59. The summed E-state index contributed by atoms with van der Waals surface area (Å²) in [5.41, 5.74) is 2.07. The number of hydrogen-bond acceptors (Lipinski definition) is 3. The molecule has 3 rings (SSSR count). The molecule has 1 saturated heterocycles. The molecule has 21 heavy (non-hydrogen) atoms. The SMILES string of the molecule is CCn1c(/C=C/C=C2\SCCN2C)nc2cc(Cl)ccc21. The third kappa shape index (κ3) is 2.97. The maximum atomic E-state index is 6.04. The van der Waals surface area contributed by atoms with Gasteiger partial charge in [-0.15, -0.1) is 11.8 Å². The molecule has 1 aromatic heterocycles. The van der Waals surface area contributed by atoms with E-state index in [1.165, 1.54) is 10.8 Å². The lowest BCUT2D eigenvalue weighted by atomic mass is 10.3. The van der Waals surface area contributed by atoms with Gasteiger partial charge in [-0.25, -0.2) is 4.98 Å². The van der Waals surface area contributed by atoms with Crippen LogP contribution in [0.15, 0.2) is 35.4 Å². The molecule has 0 unspecified atom stereocenters. The topological polar surface area (TPSA) is 21.1 Å². The van der Waals surface area contributed by atoms with Crippen molar-refractivity contribution in [1.82, 2.24) is 14.5 Å². The van der Waals surface area contributed by atoms with Crippen LogP contribution in [0.4, 0.5) is 0 Å². The van der Waals surface area contributed by atoms with Crippen molar-refractivity contribution >= 4 is 40.5 Å². The largest absolute Gasteiger partial charge is 0.369 e. The zero-order chi connectivity index (χ0) is 14.8. The van der Waals surface area contributed by atoms with E-state index in [2.05, 4.69) is 46.7 Å². The summed E-state index contributed by atoms with van der Waals surface area (Å²) in [6.07, 6.45) is 6.31.